The third kappa shape index (κ3) is 2.82. The fourth-order valence-corrected chi connectivity index (χ4v) is 3.54. The maximum absolute atomic E-state index is 12.4. The van der Waals surface area contributed by atoms with Gasteiger partial charge in [0.2, 0.25) is 5.89 Å². The molecule has 0 saturated carbocycles. The lowest BCUT2D eigenvalue weighted by molar-refractivity contribution is 0.00940. The van der Waals surface area contributed by atoms with Crippen LogP contribution in [0.4, 0.5) is 4.79 Å². The summed E-state index contributed by atoms with van der Waals surface area (Å²) in [5.41, 5.74) is -0.00839. The maximum Gasteiger partial charge on any atom is 0.317 e. The van der Waals surface area contributed by atoms with Crippen LogP contribution in [0.2, 0.25) is 0 Å². The van der Waals surface area contributed by atoms with Gasteiger partial charge in [-0.3, -0.25) is 0 Å². The van der Waals surface area contributed by atoms with Crippen molar-refractivity contribution in [2.45, 2.75) is 45.6 Å². The summed E-state index contributed by atoms with van der Waals surface area (Å²) in [6.07, 6.45) is 1.84. The molecule has 7 heteroatoms. The molecule has 7 nitrogen and oxygen atoms in total. The monoisotopic (exact) mass is 308 g/mol. The quantitative estimate of drug-likeness (QED) is 0.899. The topological polar surface area (TPSA) is 80.5 Å². The third-order valence-electron chi connectivity index (χ3n) is 4.68. The van der Waals surface area contributed by atoms with Crippen molar-refractivity contribution in [1.29, 1.82) is 0 Å². The average molecular weight is 308 g/mol. The Morgan fingerprint density at radius 3 is 2.73 bits per heavy atom. The van der Waals surface area contributed by atoms with Crippen molar-refractivity contribution < 1.29 is 14.1 Å². The van der Waals surface area contributed by atoms with Crippen molar-refractivity contribution in [3.05, 3.63) is 11.7 Å². The number of carbonyl (C=O) groups is 1. The van der Waals surface area contributed by atoms with Crippen molar-refractivity contribution in [2.24, 2.45) is 5.41 Å². The molecule has 2 fully saturated rings. The van der Waals surface area contributed by atoms with Crippen LogP contribution in [0.5, 0.6) is 0 Å². The van der Waals surface area contributed by atoms with E-state index in [1.807, 2.05) is 25.7 Å². The molecule has 0 unspecified atom stereocenters. The van der Waals surface area contributed by atoms with Crippen LogP contribution in [0, 0.1) is 12.3 Å². The zero-order chi connectivity index (χ0) is 15.7. The number of urea groups is 1. The summed E-state index contributed by atoms with van der Waals surface area (Å²) in [7, 11) is 0. The van der Waals surface area contributed by atoms with Gasteiger partial charge in [0.15, 0.2) is 5.82 Å². The van der Waals surface area contributed by atoms with Gasteiger partial charge in [0.1, 0.15) is 0 Å². The van der Waals surface area contributed by atoms with E-state index in [0.29, 0.717) is 18.3 Å². The van der Waals surface area contributed by atoms with Gasteiger partial charge < -0.3 is 19.5 Å². The lowest BCUT2D eigenvalue weighted by atomic mass is 9.72. The highest BCUT2D eigenvalue weighted by atomic mass is 16.5. The van der Waals surface area contributed by atoms with Gasteiger partial charge in [0.05, 0.1) is 5.92 Å². The first kappa shape index (κ1) is 15.3. The third-order valence-corrected chi connectivity index (χ3v) is 4.68. The second-order valence-electron chi connectivity index (χ2n) is 6.69. The Morgan fingerprint density at radius 1 is 1.41 bits per heavy atom. The Balaban J connectivity index is 1.84. The van der Waals surface area contributed by atoms with E-state index in [2.05, 4.69) is 15.5 Å². The molecule has 1 spiro atoms. The van der Waals surface area contributed by atoms with Crippen LogP contribution in [0.25, 0.3) is 0 Å². The first-order valence-corrected chi connectivity index (χ1v) is 7.93. The summed E-state index contributed by atoms with van der Waals surface area (Å²) in [4.78, 5) is 18.7. The van der Waals surface area contributed by atoms with Crippen LogP contribution in [-0.2, 0) is 4.74 Å². The molecule has 1 aromatic rings. The fraction of sp³-hybridized carbons (Fsp3) is 0.800. The zero-order valence-corrected chi connectivity index (χ0v) is 13.5. The van der Waals surface area contributed by atoms with E-state index >= 15 is 0 Å². The SMILES string of the molecule is Cc1noc([C@H]2CN(C(=O)NC(C)C)CC23CCOCC3)n1. The van der Waals surface area contributed by atoms with E-state index in [9.17, 15) is 4.79 Å². The Labute approximate surface area is 130 Å². The van der Waals surface area contributed by atoms with Gasteiger partial charge >= 0.3 is 6.03 Å². The Morgan fingerprint density at radius 2 is 2.14 bits per heavy atom. The van der Waals surface area contributed by atoms with Crippen LogP contribution in [0.3, 0.4) is 0 Å². The highest BCUT2D eigenvalue weighted by Crippen LogP contribution is 2.49. The highest BCUT2D eigenvalue weighted by molar-refractivity contribution is 5.75. The molecular weight excluding hydrogens is 284 g/mol. The number of nitrogens with one attached hydrogen (secondary N) is 1. The molecule has 122 valence electrons. The summed E-state index contributed by atoms with van der Waals surface area (Å²) in [5.74, 6) is 1.39. The van der Waals surface area contributed by atoms with E-state index in [1.165, 1.54) is 0 Å². The van der Waals surface area contributed by atoms with Gasteiger partial charge in [0.25, 0.3) is 0 Å². The molecule has 3 rings (SSSR count). The number of hydrogen-bond donors (Lipinski definition) is 1. The Kier molecular flexibility index (Phi) is 4.08. The average Bonchev–Trinajstić information content (AvgIpc) is 3.03. The largest absolute Gasteiger partial charge is 0.381 e. The van der Waals surface area contributed by atoms with Gasteiger partial charge in [-0.15, -0.1) is 0 Å². The molecule has 3 heterocycles. The van der Waals surface area contributed by atoms with Crippen LogP contribution in [0.15, 0.2) is 4.52 Å². The number of aryl methyl sites for hydroxylation is 1. The maximum atomic E-state index is 12.4. The smallest absolute Gasteiger partial charge is 0.317 e. The molecule has 1 aromatic heterocycles. The number of aromatic nitrogens is 2. The fourth-order valence-electron chi connectivity index (χ4n) is 3.54. The first-order valence-electron chi connectivity index (χ1n) is 7.93. The van der Waals surface area contributed by atoms with E-state index in [0.717, 1.165) is 32.6 Å². The van der Waals surface area contributed by atoms with Crippen molar-refractivity contribution in [3.63, 3.8) is 0 Å². The summed E-state index contributed by atoms with van der Waals surface area (Å²) in [6.45, 7) is 8.56. The number of rotatable bonds is 2. The second kappa shape index (κ2) is 5.87. The molecule has 2 aliphatic rings. The molecule has 1 N–H and O–H groups in total. The molecule has 2 saturated heterocycles. The predicted octanol–water partition coefficient (Wildman–Crippen LogP) is 1.69. The standard InChI is InChI=1S/C15H24N4O3/c1-10(2)16-14(20)19-8-12(13-17-11(3)18-22-13)15(9-19)4-6-21-7-5-15/h10,12H,4-9H2,1-3H3,(H,16,20)/t12-/m1/s1. The van der Waals surface area contributed by atoms with Crippen molar-refractivity contribution >= 4 is 6.03 Å². The van der Waals surface area contributed by atoms with E-state index < -0.39 is 0 Å². The van der Waals surface area contributed by atoms with Crippen molar-refractivity contribution in [3.8, 4) is 0 Å². The molecule has 0 bridgehead atoms. The lowest BCUT2D eigenvalue weighted by Crippen LogP contribution is -2.43. The number of carbonyl (C=O) groups excluding carboxylic acids is 1. The van der Waals surface area contributed by atoms with Crippen molar-refractivity contribution in [1.82, 2.24) is 20.4 Å². The molecule has 0 aliphatic carbocycles. The number of likely N-dealkylation sites (tertiary alicyclic amines) is 1. The molecule has 22 heavy (non-hydrogen) atoms. The molecule has 0 radical (unpaired) electrons. The van der Waals surface area contributed by atoms with Crippen molar-refractivity contribution in [2.75, 3.05) is 26.3 Å². The van der Waals surface area contributed by atoms with Gasteiger partial charge in [0, 0.05) is 37.8 Å². The second-order valence-corrected chi connectivity index (χ2v) is 6.69. The van der Waals surface area contributed by atoms with E-state index in [1.54, 1.807) is 0 Å². The molecule has 0 aromatic carbocycles. The van der Waals surface area contributed by atoms with Crippen LogP contribution in [-0.4, -0.2) is 53.4 Å². The highest BCUT2D eigenvalue weighted by Gasteiger charge is 2.51. The molecule has 1 atom stereocenters. The lowest BCUT2D eigenvalue weighted by Gasteiger charge is -2.36. The van der Waals surface area contributed by atoms with Gasteiger partial charge in [-0.25, -0.2) is 4.79 Å². The number of amides is 2. The summed E-state index contributed by atoms with van der Waals surface area (Å²) in [6, 6.07) is 0.113. The van der Waals surface area contributed by atoms with Gasteiger partial charge in [-0.2, -0.15) is 4.98 Å². The van der Waals surface area contributed by atoms with E-state index in [4.69, 9.17) is 9.26 Å². The number of nitrogens with zero attached hydrogens (tertiary/aromatic N) is 3. The van der Waals surface area contributed by atoms with E-state index in [-0.39, 0.29) is 23.4 Å². The summed E-state index contributed by atoms with van der Waals surface area (Å²) < 4.78 is 10.9. The summed E-state index contributed by atoms with van der Waals surface area (Å²) >= 11 is 0. The van der Waals surface area contributed by atoms with Crippen LogP contribution >= 0.6 is 0 Å². The molecule has 2 amide bonds. The van der Waals surface area contributed by atoms with Crippen LogP contribution < -0.4 is 5.32 Å². The predicted molar refractivity (Wildman–Crippen MR) is 79.5 cm³/mol. The minimum atomic E-state index is -0.0143. The summed E-state index contributed by atoms with van der Waals surface area (Å²) in [5, 5.41) is 6.89. The first-order chi connectivity index (χ1) is 10.5. The minimum absolute atomic E-state index is 0.00839. The van der Waals surface area contributed by atoms with Gasteiger partial charge in [-0.1, -0.05) is 5.16 Å². The molecule has 2 aliphatic heterocycles. The Hall–Kier alpha value is -1.63. The van der Waals surface area contributed by atoms with Gasteiger partial charge in [-0.05, 0) is 33.6 Å². The normalized spacial score (nSPS) is 24.2. The van der Waals surface area contributed by atoms with Crippen LogP contribution in [0.1, 0.15) is 44.3 Å². The minimum Gasteiger partial charge on any atom is -0.381 e. The number of hydrogen-bond acceptors (Lipinski definition) is 5. The Bertz CT molecular complexity index is 537. The number of ether oxygens (including phenoxy) is 1. The molecular formula is C15H24N4O3. The zero-order valence-electron chi connectivity index (χ0n) is 13.5.